The van der Waals surface area contributed by atoms with E-state index in [4.69, 9.17) is 4.74 Å². The number of aryl methyl sites for hydroxylation is 1. The van der Waals surface area contributed by atoms with E-state index in [0.29, 0.717) is 18.2 Å². The van der Waals surface area contributed by atoms with Crippen LogP contribution in [0.15, 0.2) is 34.2 Å². The van der Waals surface area contributed by atoms with Crippen molar-refractivity contribution in [2.45, 2.75) is 56.9 Å². The number of aromatic nitrogens is 1. The second kappa shape index (κ2) is 7.64. The number of fused-ring (bicyclic) bond motifs is 2. The fraction of sp³-hybridized carbons (Fsp3) is 0.647. The minimum atomic E-state index is 0.0641. The van der Waals surface area contributed by atoms with Gasteiger partial charge in [0.2, 0.25) is 5.56 Å². The molecule has 2 aliphatic rings. The van der Waals surface area contributed by atoms with Crippen LogP contribution in [0, 0.1) is 0 Å². The molecule has 0 saturated carbocycles. The van der Waals surface area contributed by atoms with Crippen molar-refractivity contribution >= 4 is 5.96 Å². The first-order chi connectivity index (χ1) is 11.3. The predicted molar refractivity (Wildman–Crippen MR) is 90.7 cm³/mol. The zero-order valence-electron chi connectivity index (χ0n) is 13.7. The third-order valence-corrected chi connectivity index (χ3v) is 4.67. The Bertz CT molecular complexity index is 598. The molecule has 1 aromatic rings. The van der Waals surface area contributed by atoms with E-state index in [1.54, 1.807) is 23.7 Å². The third kappa shape index (κ3) is 4.13. The Kier molecular flexibility index (Phi) is 5.33. The number of guanidine groups is 1. The van der Waals surface area contributed by atoms with E-state index < -0.39 is 0 Å². The van der Waals surface area contributed by atoms with E-state index in [1.807, 2.05) is 12.3 Å². The molecule has 0 aliphatic carbocycles. The normalized spacial score (nSPS) is 26.5. The molecule has 0 spiro atoms. The summed E-state index contributed by atoms with van der Waals surface area (Å²) < 4.78 is 7.61. The average Bonchev–Trinajstić information content (AvgIpc) is 3.18. The summed E-state index contributed by atoms with van der Waals surface area (Å²) in [5.74, 6) is 0.850. The Balaban J connectivity index is 1.34. The molecule has 2 saturated heterocycles. The summed E-state index contributed by atoms with van der Waals surface area (Å²) in [6.45, 7) is 1.61. The fourth-order valence-corrected chi connectivity index (χ4v) is 3.42. The van der Waals surface area contributed by atoms with Gasteiger partial charge in [-0.25, -0.2) is 0 Å². The van der Waals surface area contributed by atoms with Gasteiger partial charge in [0.1, 0.15) is 0 Å². The van der Waals surface area contributed by atoms with E-state index in [1.165, 1.54) is 6.42 Å². The molecular weight excluding hydrogens is 292 g/mol. The number of aliphatic imine (C=N–C) groups is 1. The van der Waals surface area contributed by atoms with Crippen molar-refractivity contribution in [2.75, 3.05) is 13.6 Å². The molecule has 3 rings (SSSR count). The Morgan fingerprint density at radius 3 is 3.00 bits per heavy atom. The van der Waals surface area contributed by atoms with Crippen LogP contribution in [0.3, 0.4) is 0 Å². The summed E-state index contributed by atoms with van der Waals surface area (Å²) in [5, 5.41) is 6.83. The Morgan fingerprint density at radius 1 is 1.39 bits per heavy atom. The minimum Gasteiger partial charge on any atom is -0.373 e. The zero-order chi connectivity index (χ0) is 16.1. The van der Waals surface area contributed by atoms with Crippen LogP contribution in [0.4, 0.5) is 0 Å². The van der Waals surface area contributed by atoms with Gasteiger partial charge in [-0.3, -0.25) is 9.79 Å². The van der Waals surface area contributed by atoms with Crippen molar-refractivity contribution in [1.29, 1.82) is 0 Å². The summed E-state index contributed by atoms with van der Waals surface area (Å²) in [4.78, 5) is 15.9. The number of nitrogens with one attached hydrogen (secondary N) is 2. The van der Waals surface area contributed by atoms with Crippen molar-refractivity contribution in [2.24, 2.45) is 4.99 Å². The predicted octanol–water partition coefficient (Wildman–Crippen LogP) is 1.11. The van der Waals surface area contributed by atoms with Gasteiger partial charge in [-0.15, -0.1) is 0 Å². The molecule has 1 aromatic heterocycles. The fourth-order valence-electron chi connectivity index (χ4n) is 3.42. The number of nitrogens with zero attached hydrogens (tertiary/aromatic N) is 2. The lowest BCUT2D eigenvalue weighted by Crippen LogP contribution is -2.47. The summed E-state index contributed by atoms with van der Waals surface area (Å²) in [6.07, 6.45) is 8.04. The summed E-state index contributed by atoms with van der Waals surface area (Å²) in [6, 6.07) is 5.66. The van der Waals surface area contributed by atoms with Gasteiger partial charge in [0, 0.05) is 32.4 Å². The summed E-state index contributed by atoms with van der Waals surface area (Å²) in [5.41, 5.74) is 0.0641. The second-order valence-electron chi connectivity index (χ2n) is 6.30. The number of hydrogen-bond acceptors (Lipinski definition) is 3. The van der Waals surface area contributed by atoms with Gasteiger partial charge in [0.05, 0.1) is 18.2 Å². The molecule has 0 amide bonds. The number of unbranched alkanes of at least 4 members (excludes halogenated alkanes) is 1. The molecule has 0 radical (unpaired) electrons. The SMILES string of the molecule is CN=C(NCCCCn1ccccc1=O)NC1CC2CCC1O2. The molecule has 126 valence electrons. The highest BCUT2D eigenvalue weighted by Crippen LogP contribution is 2.34. The second-order valence-corrected chi connectivity index (χ2v) is 6.30. The monoisotopic (exact) mass is 318 g/mol. The average molecular weight is 318 g/mol. The highest BCUT2D eigenvalue weighted by atomic mass is 16.5. The number of ether oxygens (including phenoxy) is 1. The molecule has 2 bridgehead atoms. The lowest BCUT2D eigenvalue weighted by Gasteiger charge is -2.22. The number of hydrogen-bond donors (Lipinski definition) is 2. The first kappa shape index (κ1) is 16.1. The van der Waals surface area contributed by atoms with Gasteiger partial charge < -0.3 is 19.9 Å². The topological polar surface area (TPSA) is 67.7 Å². The molecule has 0 aromatic carbocycles. The maximum Gasteiger partial charge on any atom is 0.250 e. The molecule has 3 unspecified atom stereocenters. The van der Waals surface area contributed by atoms with Crippen LogP contribution in [-0.4, -0.2) is 42.4 Å². The smallest absolute Gasteiger partial charge is 0.250 e. The summed E-state index contributed by atoms with van der Waals surface area (Å²) in [7, 11) is 1.80. The molecule has 3 atom stereocenters. The van der Waals surface area contributed by atoms with Gasteiger partial charge in [-0.2, -0.15) is 0 Å². The Labute approximate surface area is 136 Å². The molecule has 2 N–H and O–H groups in total. The van der Waals surface area contributed by atoms with Crippen molar-refractivity contribution in [3.8, 4) is 0 Å². The summed E-state index contributed by atoms with van der Waals surface area (Å²) >= 11 is 0. The first-order valence-corrected chi connectivity index (χ1v) is 8.54. The van der Waals surface area contributed by atoms with Crippen LogP contribution in [0.1, 0.15) is 32.1 Å². The highest BCUT2D eigenvalue weighted by Gasteiger charge is 2.40. The number of pyridine rings is 1. The van der Waals surface area contributed by atoms with Gasteiger partial charge >= 0.3 is 0 Å². The molecular formula is C17H26N4O2. The maximum absolute atomic E-state index is 11.6. The highest BCUT2D eigenvalue weighted by molar-refractivity contribution is 5.80. The van der Waals surface area contributed by atoms with Crippen molar-refractivity contribution in [3.63, 3.8) is 0 Å². The van der Waals surface area contributed by atoms with E-state index in [9.17, 15) is 4.79 Å². The van der Waals surface area contributed by atoms with Gasteiger partial charge in [-0.05, 0) is 38.2 Å². The Morgan fingerprint density at radius 2 is 2.30 bits per heavy atom. The minimum absolute atomic E-state index is 0.0641. The molecule has 2 fully saturated rings. The number of rotatable bonds is 6. The van der Waals surface area contributed by atoms with Crippen LogP contribution in [0.5, 0.6) is 0 Å². The maximum atomic E-state index is 11.6. The van der Waals surface area contributed by atoms with Crippen LogP contribution in [0.2, 0.25) is 0 Å². The lowest BCUT2D eigenvalue weighted by atomic mass is 9.96. The third-order valence-electron chi connectivity index (χ3n) is 4.67. The molecule has 23 heavy (non-hydrogen) atoms. The first-order valence-electron chi connectivity index (χ1n) is 8.54. The lowest BCUT2D eigenvalue weighted by molar-refractivity contribution is 0.0992. The van der Waals surface area contributed by atoms with E-state index >= 15 is 0 Å². The molecule has 2 aliphatic heterocycles. The van der Waals surface area contributed by atoms with Crippen molar-refractivity contribution < 1.29 is 4.74 Å². The van der Waals surface area contributed by atoms with Crippen LogP contribution >= 0.6 is 0 Å². The standard InChI is InChI=1S/C17H26N4O2/c1-18-17(20-14-12-13-7-8-15(14)23-13)19-9-3-5-11-21-10-4-2-6-16(21)22/h2,4,6,10,13-15H,3,5,7-9,11-12H2,1H3,(H2,18,19,20). The van der Waals surface area contributed by atoms with E-state index in [-0.39, 0.29) is 5.56 Å². The van der Waals surface area contributed by atoms with Crippen LogP contribution < -0.4 is 16.2 Å². The quantitative estimate of drug-likeness (QED) is 0.468. The van der Waals surface area contributed by atoms with E-state index in [2.05, 4.69) is 15.6 Å². The van der Waals surface area contributed by atoms with Gasteiger partial charge in [0.25, 0.3) is 0 Å². The van der Waals surface area contributed by atoms with E-state index in [0.717, 1.165) is 44.7 Å². The molecule has 3 heterocycles. The van der Waals surface area contributed by atoms with Crippen molar-refractivity contribution in [3.05, 3.63) is 34.7 Å². The largest absolute Gasteiger partial charge is 0.373 e. The zero-order valence-corrected chi connectivity index (χ0v) is 13.7. The van der Waals surface area contributed by atoms with Crippen LogP contribution in [0.25, 0.3) is 0 Å². The molecule has 6 heteroatoms. The molecule has 6 nitrogen and oxygen atoms in total. The van der Waals surface area contributed by atoms with Gasteiger partial charge in [-0.1, -0.05) is 6.07 Å². The van der Waals surface area contributed by atoms with Crippen molar-refractivity contribution in [1.82, 2.24) is 15.2 Å². The van der Waals surface area contributed by atoms with Crippen LogP contribution in [-0.2, 0) is 11.3 Å². The Hall–Kier alpha value is -1.82. The van der Waals surface area contributed by atoms with Gasteiger partial charge in [0.15, 0.2) is 5.96 Å².